The molecule has 0 saturated carbocycles. The minimum absolute atomic E-state index is 0.00973. The quantitative estimate of drug-likeness (QED) is 0.861. The fourth-order valence-electron chi connectivity index (χ4n) is 3.92. The van der Waals surface area contributed by atoms with Gasteiger partial charge in [-0.25, -0.2) is 0 Å². The normalized spacial score (nSPS) is 26.0. The van der Waals surface area contributed by atoms with E-state index in [2.05, 4.69) is 0 Å². The second-order valence-electron chi connectivity index (χ2n) is 6.44. The zero-order chi connectivity index (χ0) is 18.3. The molecule has 0 spiro atoms. The van der Waals surface area contributed by atoms with Gasteiger partial charge in [0.15, 0.2) is 0 Å². The summed E-state index contributed by atoms with van der Waals surface area (Å²) in [7, 11) is 1.57. The summed E-state index contributed by atoms with van der Waals surface area (Å²) in [5, 5.41) is 10.0. The van der Waals surface area contributed by atoms with Gasteiger partial charge in [0.05, 0.1) is 23.2 Å². The number of aliphatic hydroxyl groups is 1. The summed E-state index contributed by atoms with van der Waals surface area (Å²) in [5.74, 6) is 0.0659. The molecule has 8 heteroatoms. The highest BCUT2D eigenvalue weighted by atomic mass is 35.5. The minimum Gasteiger partial charge on any atom is -0.496 e. The van der Waals surface area contributed by atoms with Crippen LogP contribution in [0.2, 0.25) is 10.0 Å². The molecule has 2 heterocycles. The summed E-state index contributed by atoms with van der Waals surface area (Å²) in [4.78, 5) is 27.7. The minimum atomic E-state index is -0.596. The van der Waals surface area contributed by atoms with E-state index in [0.717, 1.165) is 5.56 Å². The summed E-state index contributed by atoms with van der Waals surface area (Å²) >= 11 is 12.6. The fraction of sp³-hybridized carbons (Fsp3) is 0.529. The number of aliphatic hydroxyl groups excluding tert-OH is 1. The molecule has 1 N–H and O–H groups in total. The van der Waals surface area contributed by atoms with Crippen LogP contribution in [0.3, 0.4) is 0 Å². The number of rotatable bonds is 3. The van der Waals surface area contributed by atoms with E-state index in [1.807, 2.05) is 6.92 Å². The zero-order valence-electron chi connectivity index (χ0n) is 14.0. The SMILES string of the molecule is COc1ccc(Cl)c(Cl)c1[C@H]1C[C@H]2[C@@H](C)N(C(=O)CO)CC(=O)N2C1. The molecule has 6 nitrogen and oxygen atoms in total. The van der Waals surface area contributed by atoms with Crippen molar-refractivity contribution in [2.45, 2.75) is 31.3 Å². The van der Waals surface area contributed by atoms with Crippen LogP contribution in [-0.2, 0) is 9.59 Å². The molecule has 0 aliphatic carbocycles. The van der Waals surface area contributed by atoms with Gasteiger partial charge in [-0.2, -0.15) is 0 Å². The predicted molar refractivity (Wildman–Crippen MR) is 94.1 cm³/mol. The summed E-state index contributed by atoms with van der Waals surface area (Å²) in [6, 6.07) is 3.16. The van der Waals surface area contributed by atoms with Crippen molar-refractivity contribution in [3.05, 3.63) is 27.7 Å². The summed E-state index contributed by atoms with van der Waals surface area (Å²) in [6.07, 6.45) is 0.651. The van der Waals surface area contributed by atoms with Crippen LogP contribution in [0.5, 0.6) is 5.75 Å². The molecule has 0 radical (unpaired) electrons. The second kappa shape index (κ2) is 7.02. The highest BCUT2D eigenvalue weighted by Gasteiger charge is 2.46. The van der Waals surface area contributed by atoms with Gasteiger partial charge in [-0.3, -0.25) is 9.59 Å². The number of nitrogens with zero attached hydrogens (tertiary/aromatic N) is 2. The molecule has 2 aliphatic rings. The van der Waals surface area contributed by atoms with Crippen molar-refractivity contribution in [3.8, 4) is 5.75 Å². The average Bonchev–Trinajstić information content (AvgIpc) is 3.05. The molecule has 1 aromatic rings. The Balaban J connectivity index is 1.92. The first kappa shape index (κ1) is 18.3. The van der Waals surface area contributed by atoms with Crippen LogP contribution in [0.15, 0.2) is 12.1 Å². The van der Waals surface area contributed by atoms with E-state index < -0.39 is 12.5 Å². The summed E-state index contributed by atoms with van der Waals surface area (Å²) in [5.41, 5.74) is 0.797. The van der Waals surface area contributed by atoms with E-state index in [0.29, 0.717) is 28.8 Å². The van der Waals surface area contributed by atoms with E-state index in [1.54, 1.807) is 24.1 Å². The smallest absolute Gasteiger partial charge is 0.249 e. The highest BCUT2D eigenvalue weighted by Crippen LogP contribution is 2.45. The Hall–Kier alpha value is -1.50. The number of carbonyl (C=O) groups excluding carboxylic acids is 2. The number of piperazine rings is 1. The lowest BCUT2D eigenvalue weighted by atomic mass is 9.92. The van der Waals surface area contributed by atoms with Crippen molar-refractivity contribution in [1.29, 1.82) is 0 Å². The van der Waals surface area contributed by atoms with E-state index in [1.165, 1.54) is 4.90 Å². The van der Waals surface area contributed by atoms with Crippen LogP contribution in [0, 0.1) is 0 Å². The largest absolute Gasteiger partial charge is 0.496 e. The maximum Gasteiger partial charge on any atom is 0.249 e. The summed E-state index contributed by atoms with van der Waals surface area (Å²) in [6.45, 7) is 1.80. The zero-order valence-corrected chi connectivity index (χ0v) is 15.5. The molecule has 1 aromatic carbocycles. The van der Waals surface area contributed by atoms with Crippen LogP contribution in [-0.4, -0.2) is 65.6 Å². The molecule has 0 aromatic heterocycles. The van der Waals surface area contributed by atoms with Crippen molar-refractivity contribution in [2.24, 2.45) is 0 Å². The highest BCUT2D eigenvalue weighted by molar-refractivity contribution is 6.42. The standard InChI is InChI=1S/C17H20Cl2N2O4/c1-9-12-5-10(16-13(25-2)4-3-11(18)17(16)19)6-21(12)14(23)7-20(9)15(24)8-22/h3-4,9-10,12,22H,5-8H2,1-2H3/t9-,10+,12+/m1/s1. The van der Waals surface area contributed by atoms with Crippen molar-refractivity contribution in [2.75, 3.05) is 26.8 Å². The molecule has 3 atom stereocenters. The van der Waals surface area contributed by atoms with Gasteiger partial charge in [0.25, 0.3) is 0 Å². The topological polar surface area (TPSA) is 70.1 Å². The first-order chi connectivity index (χ1) is 11.9. The van der Waals surface area contributed by atoms with Gasteiger partial charge in [-0.1, -0.05) is 23.2 Å². The van der Waals surface area contributed by atoms with Gasteiger partial charge in [0, 0.05) is 24.1 Å². The van der Waals surface area contributed by atoms with Crippen LogP contribution in [0.4, 0.5) is 0 Å². The molecule has 0 unspecified atom stereocenters. The monoisotopic (exact) mass is 386 g/mol. The lowest BCUT2D eigenvalue weighted by Crippen LogP contribution is -2.60. The Morgan fingerprint density at radius 2 is 2.12 bits per heavy atom. The van der Waals surface area contributed by atoms with Crippen molar-refractivity contribution in [3.63, 3.8) is 0 Å². The Bertz CT molecular complexity index is 712. The van der Waals surface area contributed by atoms with Crippen LogP contribution < -0.4 is 4.74 Å². The maximum atomic E-state index is 12.5. The van der Waals surface area contributed by atoms with Gasteiger partial charge in [0.1, 0.15) is 18.9 Å². The molecule has 0 bridgehead atoms. The number of amides is 2. The number of carbonyl (C=O) groups is 2. The van der Waals surface area contributed by atoms with Crippen molar-refractivity contribution < 1.29 is 19.4 Å². The Kier molecular flexibility index (Phi) is 5.14. The molecule has 25 heavy (non-hydrogen) atoms. The summed E-state index contributed by atoms with van der Waals surface area (Å²) < 4.78 is 5.43. The van der Waals surface area contributed by atoms with E-state index >= 15 is 0 Å². The molecule has 2 saturated heterocycles. The van der Waals surface area contributed by atoms with Gasteiger partial charge in [-0.05, 0) is 25.5 Å². The van der Waals surface area contributed by atoms with Crippen LogP contribution >= 0.6 is 23.2 Å². The third kappa shape index (κ3) is 3.07. The number of halogens is 2. The number of ether oxygens (including phenoxy) is 1. The molecular formula is C17H20Cl2N2O4. The number of fused-ring (bicyclic) bond motifs is 1. The Labute approximate surface area is 156 Å². The van der Waals surface area contributed by atoms with E-state index in [4.69, 9.17) is 33.0 Å². The molecular weight excluding hydrogens is 367 g/mol. The Morgan fingerprint density at radius 1 is 1.40 bits per heavy atom. The van der Waals surface area contributed by atoms with Crippen LogP contribution in [0.25, 0.3) is 0 Å². The molecule has 3 rings (SSSR count). The first-order valence-corrected chi connectivity index (χ1v) is 8.86. The number of hydrogen-bond donors (Lipinski definition) is 1. The van der Waals surface area contributed by atoms with Gasteiger partial charge >= 0.3 is 0 Å². The lowest BCUT2D eigenvalue weighted by Gasteiger charge is -2.42. The molecule has 2 amide bonds. The maximum absolute atomic E-state index is 12.5. The molecule has 2 aliphatic heterocycles. The predicted octanol–water partition coefficient (Wildman–Crippen LogP) is 1.91. The Morgan fingerprint density at radius 3 is 2.76 bits per heavy atom. The molecule has 136 valence electrons. The second-order valence-corrected chi connectivity index (χ2v) is 7.23. The van der Waals surface area contributed by atoms with Crippen molar-refractivity contribution >= 4 is 35.0 Å². The van der Waals surface area contributed by atoms with Gasteiger partial charge < -0.3 is 19.6 Å². The molecule has 2 fully saturated rings. The van der Waals surface area contributed by atoms with E-state index in [-0.39, 0.29) is 30.5 Å². The first-order valence-electron chi connectivity index (χ1n) is 8.10. The van der Waals surface area contributed by atoms with Gasteiger partial charge in [0.2, 0.25) is 11.8 Å². The number of hydrogen-bond acceptors (Lipinski definition) is 4. The third-order valence-electron chi connectivity index (χ3n) is 5.19. The van der Waals surface area contributed by atoms with Crippen LogP contribution in [0.1, 0.15) is 24.8 Å². The number of methoxy groups -OCH3 is 1. The average molecular weight is 387 g/mol. The van der Waals surface area contributed by atoms with Gasteiger partial charge in [-0.15, -0.1) is 0 Å². The third-order valence-corrected chi connectivity index (χ3v) is 6.01. The van der Waals surface area contributed by atoms with E-state index in [9.17, 15) is 9.59 Å². The fourth-order valence-corrected chi connectivity index (χ4v) is 4.40. The lowest BCUT2D eigenvalue weighted by molar-refractivity contribution is -0.152. The van der Waals surface area contributed by atoms with Crippen molar-refractivity contribution in [1.82, 2.24) is 9.80 Å². The number of benzene rings is 1.